The van der Waals surface area contributed by atoms with Gasteiger partial charge in [0, 0.05) is 0 Å². The molecule has 0 N–H and O–H groups in total. The summed E-state index contributed by atoms with van der Waals surface area (Å²) in [6.07, 6.45) is 32.0. The zero-order valence-corrected chi connectivity index (χ0v) is 20.2. The van der Waals surface area contributed by atoms with E-state index in [1.807, 2.05) is 13.8 Å². The molecule has 0 aliphatic heterocycles. The molecule has 0 aliphatic rings. The van der Waals surface area contributed by atoms with Crippen LogP contribution in [0.5, 0.6) is 0 Å². The van der Waals surface area contributed by atoms with Crippen LogP contribution in [0, 0.1) is 5.92 Å². The fourth-order valence-electron chi connectivity index (χ4n) is 2.93. The van der Waals surface area contributed by atoms with Crippen LogP contribution < -0.4 is 0 Å². The van der Waals surface area contributed by atoms with Crippen molar-refractivity contribution in [1.82, 2.24) is 0 Å². The summed E-state index contributed by atoms with van der Waals surface area (Å²) in [7, 11) is 0. The third kappa shape index (κ3) is 19.6. The van der Waals surface area contributed by atoms with Crippen molar-refractivity contribution in [2.24, 2.45) is 5.92 Å². The van der Waals surface area contributed by atoms with Gasteiger partial charge in [-0.15, -0.1) is 0 Å². The second-order valence-corrected chi connectivity index (χ2v) is 8.04. The minimum Gasteiger partial charge on any atom is -0.466 e. The van der Waals surface area contributed by atoms with E-state index in [-0.39, 0.29) is 11.9 Å². The summed E-state index contributed by atoms with van der Waals surface area (Å²) in [6, 6.07) is 0. The van der Waals surface area contributed by atoms with Crippen LogP contribution in [0.1, 0.15) is 85.0 Å². The van der Waals surface area contributed by atoms with Gasteiger partial charge in [0.1, 0.15) is 0 Å². The predicted molar refractivity (Wildman–Crippen MR) is 136 cm³/mol. The molecular weight excluding hydrogens is 388 g/mol. The lowest BCUT2D eigenvalue weighted by molar-refractivity contribution is -0.148. The lowest BCUT2D eigenvalue weighted by Crippen LogP contribution is -2.19. The van der Waals surface area contributed by atoms with E-state index in [0.717, 1.165) is 62.7 Å². The number of carbonyl (C=O) groups is 1. The summed E-state index contributed by atoms with van der Waals surface area (Å²) in [4.78, 5) is 12.9. The molecule has 1 atom stereocenters. The molecule has 2 nitrogen and oxygen atoms in total. The summed E-state index contributed by atoms with van der Waals surface area (Å²) in [5.74, 6) is -0.174. The number of unbranched alkanes of at least 4 members (excludes halogenated alkanes) is 2. The Labute approximate surface area is 190 Å². The molecule has 0 aromatic carbocycles. The lowest BCUT2D eigenvalue weighted by atomic mass is 9.96. The second kappa shape index (κ2) is 22.0. The Morgan fingerprint density at radius 3 is 1.77 bits per heavy atom. The molecule has 0 fully saturated rings. The van der Waals surface area contributed by atoms with Gasteiger partial charge in [0.2, 0.25) is 0 Å². The van der Waals surface area contributed by atoms with Crippen LogP contribution in [0.3, 0.4) is 0 Å². The lowest BCUT2D eigenvalue weighted by Gasteiger charge is -2.14. The van der Waals surface area contributed by atoms with Gasteiger partial charge in [-0.2, -0.15) is 0 Å². The molecule has 0 rings (SSSR count). The van der Waals surface area contributed by atoms with E-state index in [9.17, 15) is 4.79 Å². The molecule has 0 aliphatic carbocycles. The molecule has 0 bridgehead atoms. The van der Waals surface area contributed by atoms with Crippen molar-refractivity contribution in [1.29, 1.82) is 0 Å². The van der Waals surface area contributed by atoms with Crippen molar-refractivity contribution in [2.45, 2.75) is 85.0 Å². The topological polar surface area (TPSA) is 26.3 Å². The number of hydrogen-bond donors (Lipinski definition) is 0. The molecule has 0 saturated carbocycles. The summed E-state index contributed by atoms with van der Waals surface area (Å²) < 4.78 is 5.16. The zero-order valence-electron chi connectivity index (χ0n) is 19.4. The van der Waals surface area contributed by atoms with E-state index < -0.39 is 0 Å². The Kier molecular flexibility index (Phi) is 20.7. The van der Waals surface area contributed by atoms with Gasteiger partial charge in [0.25, 0.3) is 0 Å². The van der Waals surface area contributed by atoms with Crippen LogP contribution in [0.4, 0.5) is 0 Å². The molecular formula is C27H42O2S. The number of esters is 1. The van der Waals surface area contributed by atoms with E-state index in [2.05, 4.69) is 67.7 Å². The van der Waals surface area contributed by atoms with E-state index >= 15 is 0 Å². The Balaban J connectivity index is 3.78. The molecule has 30 heavy (non-hydrogen) atoms. The Morgan fingerprint density at radius 1 is 0.800 bits per heavy atom. The van der Waals surface area contributed by atoms with Gasteiger partial charge in [0.15, 0.2) is 0 Å². The van der Waals surface area contributed by atoms with E-state index in [4.69, 9.17) is 17.0 Å². The third-order valence-corrected chi connectivity index (χ3v) is 4.65. The third-order valence-electron chi connectivity index (χ3n) is 4.48. The molecule has 1 unspecified atom stereocenters. The molecule has 0 amide bonds. The van der Waals surface area contributed by atoms with E-state index in [0.29, 0.717) is 13.0 Å². The average molecular weight is 431 g/mol. The number of hydrogen-bond acceptors (Lipinski definition) is 3. The average Bonchev–Trinajstić information content (AvgIpc) is 2.72. The van der Waals surface area contributed by atoms with Crippen LogP contribution >= 0.6 is 12.2 Å². The maximum Gasteiger partial charge on any atom is 0.309 e. The number of carbonyl (C=O) groups excluding carboxylic acids is 1. The first-order chi connectivity index (χ1) is 14.6. The van der Waals surface area contributed by atoms with Crippen molar-refractivity contribution >= 4 is 23.1 Å². The van der Waals surface area contributed by atoms with E-state index in [1.54, 1.807) is 0 Å². The first-order valence-electron chi connectivity index (χ1n) is 11.5. The minimum atomic E-state index is -0.100. The minimum absolute atomic E-state index is 0.0733. The molecule has 0 spiro atoms. The molecule has 0 saturated heterocycles. The predicted octanol–water partition coefficient (Wildman–Crippen LogP) is 8.26. The maximum absolute atomic E-state index is 12.0. The molecule has 3 heteroatoms. The SMILES string of the molecule is CCC=CCC=CCC=CCC=CCC=CCCCCC(CC(C)=S)C(=O)OCC. The molecule has 0 heterocycles. The number of allylic oxidation sites excluding steroid dienone is 10. The first-order valence-corrected chi connectivity index (χ1v) is 11.9. The maximum atomic E-state index is 12.0. The number of rotatable bonds is 18. The Hall–Kier alpha value is -1.74. The van der Waals surface area contributed by atoms with Gasteiger partial charge in [-0.1, -0.05) is 86.3 Å². The summed E-state index contributed by atoms with van der Waals surface area (Å²) in [5, 5.41) is 0. The highest BCUT2D eigenvalue weighted by molar-refractivity contribution is 7.80. The highest BCUT2D eigenvalue weighted by atomic mass is 32.1. The molecule has 168 valence electrons. The second-order valence-electron chi connectivity index (χ2n) is 7.35. The smallest absolute Gasteiger partial charge is 0.309 e. The fourth-order valence-corrected chi connectivity index (χ4v) is 3.13. The quantitative estimate of drug-likeness (QED) is 0.0947. The van der Waals surface area contributed by atoms with Crippen molar-refractivity contribution in [3.05, 3.63) is 60.8 Å². The molecule has 0 aromatic heterocycles. The summed E-state index contributed by atoms with van der Waals surface area (Å²) in [6.45, 7) is 6.34. The van der Waals surface area contributed by atoms with Gasteiger partial charge < -0.3 is 4.74 Å². The summed E-state index contributed by atoms with van der Waals surface area (Å²) in [5.41, 5.74) is 0. The monoisotopic (exact) mass is 430 g/mol. The summed E-state index contributed by atoms with van der Waals surface area (Å²) >= 11 is 5.16. The first kappa shape index (κ1) is 28.3. The van der Waals surface area contributed by atoms with Crippen molar-refractivity contribution < 1.29 is 9.53 Å². The van der Waals surface area contributed by atoms with Gasteiger partial charge >= 0.3 is 5.97 Å². The fraction of sp³-hybridized carbons (Fsp3) is 0.556. The van der Waals surface area contributed by atoms with Crippen LogP contribution in [-0.2, 0) is 9.53 Å². The Morgan fingerprint density at radius 2 is 1.30 bits per heavy atom. The van der Waals surface area contributed by atoms with Crippen molar-refractivity contribution in [2.75, 3.05) is 6.61 Å². The van der Waals surface area contributed by atoms with Crippen molar-refractivity contribution in [3.8, 4) is 0 Å². The van der Waals surface area contributed by atoms with Crippen molar-refractivity contribution in [3.63, 3.8) is 0 Å². The van der Waals surface area contributed by atoms with Gasteiger partial charge in [-0.3, -0.25) is 4.79 Å². The van der Waals surface area contributed by atoms with Crippen LogP contribution in [0.2, 0.25) is 0 Å². The number of thiocarbonyl (C=S) groups is 1. The number of ether oxygens (including phenoxy) is 1. The van der Waals surface area contributed by atoms with Gasteiger partial charge in [-0.05, 0) is 76.5 Å². The van der Waals surface area contributed by atoms with Gasteiger partial charge in [-0.25, -0.2) is 0 Å². The molecule has 0 radical (unpaired) electrons. The van der Waals surface area contributed by atoms with Crippen LogP contribution in [-0.4, -0.2) is 17.4 Å². The van der Waals surface area contributed by atoms with Crippen LogP contribution in [0.25, 0.3) is 0 Å². The highest BCUT2D eigenvalue weighted by Gasteiger charge is 2.19. The highest BCUT2D eigenvalue weighted by Crippen LogP contribution is 2.17. The van der Waals surface area contributed by atoms with Gasteiger partial charge in [0.05, 0.1) is 12.5 Å². The standard InChI is InChI=1S/C27H42O2S/c1-4-6-7-8-9-10-11-12-13-14-15-16-17-18-19-20-21-22-23-26(24-25(3)30)27(28)29-5-2/h6-7,9-10,12-13,15-16,18-19,26H,4-5,8,11,14,17,20-24H2,1-3H3. The Bertz CT molecular complexity index is 582. The largest absolute Gasteiger partial charge is 0.466 e. The normalized spacial score (nSPS) is 13.4. The zero-order chi connectivity index (χ0) is 22.3. The van der Waals surface area contributed by atoms with Crippen LogP contribution in [0.15, 0.2) is 60.8 Å². The van der Waals surface area contributed by atoms with E-state index in [1.165, 1.54) is 0 Å². The molecule has 0 aromatic rings.